The average molecular weight is 275 g/mol. The Morgan fingerprint density at radius 2 is 2.10 bits per heavy atom. The van der Waals surface area contributed by atoms with Crippen molar-refractivity contribution >= 4 is 0 Å². The molecule has 0 aromatic heterocycles. The van der Waals surface area contributed by atoms with Crippen LogP contribution < -0.4 is 10.1 Å². The minimum Gasteiger partial charge on any atom is -0.490 e. The molecule has 1 unspecified atom stereocenters. The summed E-state index contributed by atoms with van der Waals surface area (Å²) < 4.78 is 5.79. The Balaban J connectivity index is 1.97. The van der Waals surface area contributed by atoms with Gasteiger partial charge in [0.1, 0.15) is 11.9 Å². The third-order valence-electron chi connectivity index (χ3n) is 4.16. The van der Waals surface area contributed by atoms with Crippen molar-refractivity contribution in [1.82, 2.24) is 5.32 Å². The quantitative estimate of drug-likeness (QED) is 0.794. The van der Waals surface area contributed by atoms with Gasteiger partial charge in [-0.2, -0.15) is 0 Å². The second-order valence-electron chi connectivity index (χ2n) is 7.19. The third kappa shape index (κ3) is 3.76. The summed E-state index contributed by atoms with van der Waals surface area (Å²) in [6, 6.07) is 6.73. The summed E-state index contributed by atoms with van der Waals surface area (Å²) in [6.45, 7) is 13.5. The minimum atomic E-state index is 0.213. The summed E-state index contributed by atoms with van der Waals surface area (Å²) in [7, 11) is 0. The maximum atomic E-state index is 5.79. The number of benzene rings is 1. The maximum Gasteiger partial charge on any atom is 0.123 e. The van der Waals surface area contributed by atoms with E-state index in [1.807, 2.05) is 0 Å². The van der Waals surface area contributed by atoms with Crippen LogP contribution in [-0.2, 0) is 11.8 Å². The van der Waals surface area contributed by atoms with Crippen LogP contribution in [0, 0.1) is 5.92 Å². The van der Waals surface area contributed by atoms with E-state index >= 15 is 0 Å². The average Bonchev–Trinajstić information content (AvgIpc) is 2.73. The fourth-order valence-corrected chi connectivity index (χ4v) is 2.78. The monoisotopic (exact) mass is 275 g/mol. The molecule has 0 saturated carbocycles. The van der Waals surface area contributed by atoms with Gasteiger partial charge >= 0.3 is 0 Å². The smallest absolute Gasteiger partial charge is 0.123 e. The number of nitrogens with one attached hydrogen (secondary N) is 1. The SMILES string of the molecule is CC(C)CNCCC(C)(C)c1ccc2c(c1)CC(C)O2. The predicted octanol–water partition coefficient (Wildman–Crippen LogP) is 3.92. The Morgan fingerprint density at radius 1 is 1.35 bits per heavy atom. The zero-order chi connectivity index (χ0) is 14.8. The fraction of sp³-hybridized carbons (Fsp3) is 0.667. The van der Waals surface area contributed by atoms with Gasteiger partial charge in [-0.3, -0.25) is 0 Å². The lowest BCUT2D eigenvalue weighted by Gasteiger charge is -2.26. The summed E-state index contributed by atoms with van der Waals surface area (Å²) in [5.41, 5.74) is 3.02. The molecule has 2 rings (SSSR count). The van der Waals surface area contributed by atoms with Crippen molar-refractivity contribution < 1.29 is 4.74 Å². The maximum absolute atomic E-state index is 5.79. The molecule has 0 bridgehead atoms. The molecule has 1 N–H and O–H groups in total. The third-order valence-corrected chi connectivity index (χ3v) is 4.16. The first-order valence-corrected chi connectivity index (χ1v) is 7.89. The van der Waals surface area contributed by atoms with Gasteiger partial charge in [0.25, 0.3) is 0 Å². The number of fused-ring (bicyclic) bond motifs is 1. The van der Waals surface area contributed by atoms with Gasteiger partial charge in [-0.05, 0) is 55.0 Å². The largest absolute Gasteiger partial charge is 0.490 e. The molecule has 0 radical (unpaired) electrons. The highest BCUT2D eigenvalue weighted by Crippen LogP contribution is 2.34. The Bertz CT molecular complexity index is 451. The molecule has 1 aromatic rings. The topological polar surface area (TPSA) is 21.3 Å². The summed E-state index contributed by atoms with van der Waals surface area (Å²) in [4.78, 5) is 0. The number of ether oxygens (including phenoxy) is 1. The van der Waals surface area contributed by atoms with Crippen LogP contribution in [0.25, 0.3) is 0 Å². The second kappa shape index (κ2) is 6.17. The van der Waals surface area contributed by atoms with Crippen LogP contribution in [0.5, 0.6) is 5.75 Å². The number of hydrogen-bond acceptors (Lipinski definition) is 2. The molecule has 112 valence electrons. The summed E-state index contributed by atoms with van der Waals surface area (Å²) in [5.74, 6) is 1.80. The van der Waals surface area contributed by atoms with Crippen molar-refractivity contribution in [2.24, 2.45) is 5.92 Å². The van der Waals surface area contributed by atoms with Crippen molar-refractivity contribution in [2.45, 2.75) is 59.0 Å². The van der Waals surface area contributed by atoms with Gasteiger partial charge < -0.3 is 10.1 Å². The van der Waals surface area contributed by atoms with E-state index in [0.717, 1.165) is 37.6 Å². The van der Waals surface area contributed by atoms with Crippen LogP contribution in [0.2, 0.25) is 0 Å². The second-order valence-corrected chi connectivity index (χ2v) is 7.19. The van der Waals surface area contributed by atoms with E-state index in [2.05, 4.69) is 58.1 Å². The summed E-state index contributed by atoms with van der Waals surface area (Å²) >= 11 is 0. The van der Waals surface area contributed by atoms with Gasteiger partial charge in [0.15, 0.2) is 0 Å². The first kappa shape index (κ1) is 15.4. The lowest BCUT2D eigenvalue weighted by Crippen LogP contribution is -2.27. The molecule has 2 heteroatoms. The predicted molar refractivity (Wildman–Crippen MR) is 85.6 cm³/mol. The zero-order valence-electron chi connectivity index (χ0n) is 13.6. The number of hydrogen-bond donors (Lipinski definition) is 1. The molecule has 0 spiro atoms. The lowest BCUT2D eigenvalue weighted by molar-refractivity contribution is 0.254. The number of rotatable bonds is 6. The standard InChI is InChI=1S/C18H29NO/c1-13(2)12-19-9-8-18(4,5)16-6-7-17-15(11-16)10-14(3)20-17/h6-7,11,13-14,19H,8-10,12H2,1-5H3. The van der Waals surface area contributed by atoms with Gasteiger partial charge in [-0.15, -0.1) is 0 Å². The van der Waals surface area contributed by atoms with Gasteiger partial charge in [0, 0.05) is 6.42 Å². The first-order valence-electron chi connectivity index (χ1n) is 7.89. The minimum absolute atomic E-state index is 0.213. The molecular weight excluding hydrogens is 246 g/mol. The Labute approximate surface area is 123 Å². The fourth-order valence-electron chi connectivity index (χ4n) is 2.78. The van der Waals surface area contributed by atoms with Gasteiger partial charge in [0.05, 0.1) is 0 Å². The van der Waals surface area contributed by atoms with E-state index in [1.165, 1.54) is 11.1 Å². The lowest BCUT2D eigenvalue weighted by atomic mass is 9.80. The first-order chi connectivity index (χ1) is 9.38. The van der Waals surface area contributed by atoms with Crippen molar-refractivity contribution in [2.75, 3.05) is 13.1 Å². The van der Waals surface area contributed by atoms with E-state index in [1.54, 1.807) is 0 Å². The molecule has 1 atom stereocenters. The van der Waals surface area contributed by atoms with Crippen molar-refractivity contribution in [3.8, 4) is 5.75 Å². The molecule has 0 aliphatic carbocycles. The van der Waals surface area contributed by atoms with Crippen LogP contribution in [0.1, 0.15) is 52.2 Å². The van der Waals surface area contributed by atoms with E-state index < -0.39 is 0 Å². The highest BCUT2D eigenvalue weighted by molar-refractivity contribution is 5.42. The Kier molecular flexibility index (Phi) is 4.74. The highest BCUT2D eigenvalue weighted by atomic mass is 16.5. The van der Waals surface area contributed by atoms with Crippen molar-refractivity contribution in [1.29, 1.82) is 0 Å². The van der Waals surface area contributed by atoms with Crippen LogP contribution in [-0.4, -0.2) is 19.2 Å². The van der Waals surface area contributed by atoms with E-state index in [9.17, 15) is 0 Å². The highest BCUT2D eigenvalue weighted by Gasteiger charge is 2.24. The zero-order valence-corrected chi connectivity index (χ0v) is 13.6. The molecule has 1 heterocycles. The molecule has 1 aliphatic heterocycles. The van der Waals surface area contributed by atoms with Crippen LogP contribution in [0.15, 0.2) is 18.2 Å². The summed E-state index contributed by atoms with van der Waals surface area (Å²) in [5, 5.41) is 3.55. The van der Waals surface area contributed by atoms with Gasteiger partial charge in [0.2, 0.25) is 0 Å². The normalized spacial score (nSPS) is 18.2. The van der Waals surface area contributed by atoms with Gasteiger partial charge in [-0.25, -0.2) is 0 Å². The Morgan fingerprint density at radius 3 is 2.80 bits per heavy atom. The van der Waals surface area contributed by atoms with Crippen LogP contribution in [0.3, 0.4) is 0 Å². The molecule has 2 nitrogen and oxygen atoms in total. The van der Waals surface area contributed by atoms with Crippen LogP contribution in [0.4, 0.5) is 0 Å². The van der Waals surface area contributed by atoms with Gasteiger partial charge in [-0.1, -0.05) is 39.8 Å². The van der Waals surface area contributed by atoms with E-state index in [-0.39, 0.29) is 5.41 Å². The summed E-state index contributed by atoms with van der Waals surface area (Å²) in [6.07, 6.45) is 2.54. The Hall–Kier alpha value is -1.02. The van der Waals surface area contributed by atoms with Crippen molar-refractivity contribution in [3.05, 3.63) is 29.3 Å². The molecule has 20 heavy (non-hydrogen) atoms. The molecule has 1 aliphatic rings. The van der Waals surface area contributed by atoms with Crippen LogP contribution >= 0.6 is 0 Å². The van der Waals surface area contributed by atoms with E-state index in [4.69, 9.17) is 4.74 Å². The van der Waals surface area contributed by atoms with E-state index in [0.29, 0.717) is 6.10 Å². The molecule has 0 amide bonds. The molecule has 0 fully saturated rings. The molecule has 0 saturated heterocycles. The van der Waals surface area contributed by atoms with Crippen molar-refractivity contribution in [3.63, 3.8) is 0 Å². The molecule has 1 aromatic carbocycles. The molecular formula is C18H29NO.